The van der Waals surface area contributed by atoms with Gasteiger partial charge in [-0.05, 0) is 81.3 Å². The van der Waals surface area contributed by atoms with Crippen molar-refractivity contribution in [1.29, 1.82) is 0 Å². The summed E-state index contributed by atoms with van der Waals surface area (Å²) in [5, 5.41) is 7.01. The highest BCUT2D eigenvalue weighted by Gasteiger charge is 2.28. The van der Waals surface area contributed by atoms with Crippen molar-refractivity contribution in [3.8, 4) is 11.5 Å². The lowest BCUT2D eigenvalue weighted by atomic mass is 9.95. The molecule has 210 valence electrons. The minimum absolute atomic E-state index is 0.218. The van der Waals surface area contributed by atoms with Gasteiger partial charge in [0.1, 0.15) is 11.6 Å². The smallest absolute Gasteiger partial charge is 0.341 e. The van der Waals surface area contributed by atoms with E-state index in [1.54, 1.807) is 39.2 Å². The van der Waals surface area contributed by atoms with Crippen LogP contribution in [0.15, 0.2) is 47.6 Å². The number of aryl methyl sites for hydroxylation is 2. The number of benzene rings is 2. The van der Waals surface area contributed by atoms with Gasteiger partial charge >= 0.3 is 17.8 Å². The second-order valence-electron chi connectivity index (χ2n) is 9.31. The molecule has 0 fully saturated rings. The zero-order chi connectivity index (χ0) is 28.6. The Kier molecular flexibility index (Phi) is 9.55. The maximum absolute atomic E-state index is 12.7. The Balaban J connectivity index is 1.42. The Morgan fingerprint density at radius 2 is 1.80 bits per heavy atom. The van der Waals surface area contributed by atoms with Crippen LogP contribution in [0.1, 0.15) is 64.2 Å². The second kappa shape index (κ2) is 13.3. The second-order valence-corrected chi connectivity index (χ2v) is 10.4. The van der Waals surface area contributed by atoms with Gasteiger partial charge in [0.05, 0.1) is 25.0 Å². The number of carbonyl (C=O) groups excluding carboxylic acids is 3. The molecule has 4 rings (SSSR count). The minimum atomic E-state index is -0.953. The van der Waals surface area contributed by atoms with Crippen molar-refractivity contribution in [2.75, 3.05) is 19.0 Å². The van der Waals surface area contributed by atoms with Crippen LogP contribution < -0.4 is 20.2 Å². The molecule has 2 N–H and O–H groups in total. The number of fused-ring (bicyclic) bond motifs is 1. The summed E-state index contributed by atoms with van der Waals surface area (Å²) < 4.78 is 16.7. The number of rotatable bonds is 9. The van der Waals surface area contributed by atoms with Gasteiger partial charge in [-0.3, -0.25) is 9.59 Å². The molecule has 40 heavy (non-hydrogen) atoms. The summed E-state index contributed by atoms with van der Waals surface area (Å²) in [5.41, 5.74) is 6.89. The largest absolute Gasteiger partial charge is 0.493 e. The lowest BCUT2D eigenvalue weighted by molar-refractivity contribution is -0.136. The first-order valence-electron chi connectivity index (χ1n) is 13.1. The summed E-state index contributed by atoms with van der Waals surface area (Å²) in [7, 11) is 1.55. The quantitative estimate of drug-likeness (QED) is 0.161. The fourth-order valence-corrected chi connectivity index (χ4v) is 5.69. The Morgan fingerprint density at radius 3 is 2.55 bits per heavy atom. The first kappa shape index (κ1) is 28.8. The lowest BCUT2D eigenvalue weighted by Gasteiger charge is -2.13. The average molecular weight is 564 g/mol. The highest BCUT2D eigenvalue weighted by molar-refractivity contribution is 7.17. The fourth-order valence-electron chi connectivity index (χ4n) is 4.42. The number of hydrogen-bond donors (Lipinski definition) is 2. The van der Waals surface area contributed by atoms with Gasteiger partial charge < -0.3 is 19.5 Å². The van der Waals surface area contributed by atoms with Crippen LogP contribution in [0.4, 0.5) is 5.00 Å². The number of nitrogens with zero attached hydrogens (tertiary/aromatic N) is 1. The Hall–Kier alpha value is -4.18. The third-order valence-electron chi connectivity index (χ3n) is 6.64. The first-order valence-corrected chi connectivity index (χ1v) is 14.0. The summed E-state index contributed by atoms with van der Waals surface area (Å²) in [6, 6.07) is 13.3. The van der Waals surface area contributed by atoms with Crippen molar-refractivity contribution >= 4 is 39.8 Å². The van der Waals surface area contributed by atoms with Gasteiger partial charge in [0.25, 0.3) is 0 Å². The molecule has 0 spiro atoms. The third-order valence-corrected chi connectivity index (χ3v) is 7.84. The van der Waals surface area contributed by atoms with Crippen LogP contribution in [-0.2, 0) is 33.8 Å². The predicted molar refractivity (Wildman–Crippen MR) is 154 cm³/mol. The van der Waals surface area contributed by atoms with Crippen molar-refractivity contribution in [3.05, 3.63) is 75.2 Å². The number of hydrogen-bond acceptors (Lipinski definition) is 8. The van der Waals surface area contributed by atoms with Gasteiger partial charge in [-0.2, -0.15) is 5.10 Å². The zero-order valence-corrected chi connectivity index (χ0v) is 23.9. The van der Waals surface area contributed by atoms with Crippen LogP contribution in [0.2, 0.25) is 0 Å². The number of hydrazone groups is 1. The van der Waals surface area contributed by atoms with Crippen LogP contribution in [0.25, 0.3) is 0 Å². The van der Waals surface area contributed by atoms with E-state index in [-0.39, 0.29) is 6.61 Å². The van der Waals surface area contributed by atoms with Crippen molar-refractivity contribution < 1.29 is 28.6 Å². The summed E-state index contributed by atoms with van der Waals surface area (Å²) in [6.07, 6.45) is 3.55. The number of carbonyl (C=O) groups is 3. The number of nitrogens with one attached hydrogen (secondary N) is 2. The average Bonchev–Trinajstić information content (AvgIpc) is 3.33. The third kappa shape index (κ3) is 6.69. The molecule has 1 aliphatic rings. The van der Waals surface area contributed by atoms with Gasteiger partial charge in [0.15, 0.2) is 11.5 Å². The van der Waals surface area contributed by atoms with E-state index >= 15 is 0 Å². The summed E-state index contributed by atoms with van der Waals surface area (Å²) in [4.78, 5) is 38.9. The predicted octanol–water partition coefficient (Wildman–Crippen LogP) is 5.18. The monoisotopic (exact) mass is 563 g/mol. The van der Waals surface area contributed by atoms with E-state index < -0.39 is 17.8 Å². The Bertz CT molecular complexity index is 1450. The molecule has 9 nitrogen and oxygen atoms in total. The molecular formula is C30H33N3O6S. The normalized spacial score (nSPS) is 12.8. The molecule has 0 saturated heterocycles. The van der Waals surface area contributed by atoms with Crippen LogP contribution in [0, 0.1) is 6.92 Å². The van der Waals surface area contributed by atoms with Gasteiger partial charge in [-0.25, -0.2) is 10.2 Å². The van der Waals surface area contributed by atoms with E-state index in [0.29, 0.717) is 39.9 Å². The van der Waals surface area contributed by atoms with E-state index in [0.717, 1.165) is 47.3 Å². The topological polar surface area (TPSA) is 115 Å². The van der Waals surface area contributed by atoms with Crippen LogP contribution in [-0.4, -0.2) is 37.2 Å². The molecule has 0 atom stereocenters. The van der Waals surface area contributed by atoms with Gasteiger partial charge in [0.2, 0.25) is 0 Å². The first-order chi connectivity index (χ1) is 19.3. The highest BCUT2D eigenvalue weighted by atomic mass is 32.1. The van der Waals surface area contributed by atoms with Crippen molar-refractivity contribution in [3.63, 3.8) is 0 Å². The summed E-state index contributed by atoms with van der Waals surface area (Å²) in [5.74, 6) is -1.28. The van der Waals surface area contributed by atoms with E-state index in [9.17, 15) is 14.4 Å². The molecule has 3 aromatic rings. The Labute approximate surface area is 237 Å². The molecule has 2 amide bonds. The van der Waals surface area contributed by atoms with Crippen LogP contribution >= 0.6 is 11.3 Å². The number of amides is 2. The maximum Gasteiger partial charge on any atom is 0.341 e. The van der Waals surface area contributed by atoms with Gasteiger partial charge in [0, 0.05) is 10.4 Å². The van der Waals surface area contributed by atoms with Crippen molar-refractivity contribution in [1.82, 2.24) is 5.43 Å². The van der Waals surface area contributed by atoms with E-state index in [4.69, 9.17) is 14.2 Å². The fraction of sp³-hybridized carbons (Fsp3) is 0.333. The minimum Gasteiger partial charge on any atom is -0.493 e. The number of thiophene rings is 1. The lowest BCUT2D eigenvalue weighted by Crippen LogP contribution is -2.33. The molecule has 0 bridgehead atoms. The summed E-state index contributed by atoms with van der Waals surface area (Å²) >= 11 is 1.32. The number of ether oxygens (including phenoxy) is 3. The zero-order valence-electron chi connectivity index (χ0n) is 23.1. The molecule has 0 radical (unpaired) electrons. The maximum atomic E-state index is 12.7. The molecule has 1 aromatic heterocycles. The number of methoxy groups -OCH3 is 1. The van der Waals surface area contributed by atoms with Crippen molar-refractivity contribution in [2.45, 2.75) is 53.1 Å². The molecule has 0 aliphatic heterocycles. The summed E-state index contributed by atoms with van der Waals surface area (Å²) in [6.45, 7) is 6.07. The molecule has 0 unspecified atom stereocenters. The molecule has 2 aromatic carbocycles. The number of esters is 1. The van der Waals surface area contributed by atoms with Gasteiger partial charge in [-0.1, -0.05) is 24.3 Å². The molecule has 0 saturated carbocycles. The van der Waals surface area contributed by atoms with E-state index in [1.165, 1.54) is 11.3 Å². The molecular weight excluding hydrogens is 530 g/mol. The van der Waals surface area contributed by atoms with Crippen molar-refractivity contribution in [2.24, 2.45) is 5.10 Å². The molecule has 10 heteroatoms. The van der Waals surface area contributed by atoms with E-state index in [2.05, 4.69) is 15.8 Å². The SMILES string of the molecule is CCOC(=O)c1c(NC(=O)C(=O)N/N=C(\C)c2ccc(OCc3ccccc3C)c(OC)c2)sc2c1CCCC2. The number of anilines is 1. The van der Waals surface area contributed by atoms with E-state index in [1.807, 2.05) is 31.2 Å². The highest BCUT2D eigenvalue weighted by Crippen LogP contribution is 2.38. The van der Waals surface area contributed by atoms with Crippen LogP contribution in [0.5, 0.6) is 11.5 Å². The Morgan fingerprint density at radius 1 is 1.02 bits per heavy atom. The standard InChI is InChI=1S/C30H33N3O6S/c1-5-38-30(36)26-22-12-8-9-13-25(22)40-29(26)31-27(34)28(35)33-32-19(3)20-14-15-23(24(16-20)37-4)39-17-21-11-7-6-10-18(21)2/h6-7,10-11,14-16H,5,8-9,12-13,17H2,1-4H3,(H,31,34)(H,33,35)/b32-19+. The molecule has 1 heterocycles. The van der Waals surface area contributed by atoms with Gasteiger partial charge in [-0.15, -0.1) is 11.3 Å². The molecule has 1 aliphatic carbocycles. The van der Waals surface area contributed by atoms with Crippen LogP contribution in [0.3, 0.4) is 0 Å².